The van der Waals surface area contributed by atoms with Crippen molar-refractivity contribution in [2.75, 3.05) is 24.6 Å². The molecule has 1 fully saturated rings. The van der Waals surface area contributed by atoms with E-state index >= 15 is 0 Å². The van der Waals surface area contributed by atoms with E-state index in [0.29, 0.717) is 24.0 Å². The molecule has 3 aromatic rings. The third-order valence-electron chi connectivity index (χ3n) is 7.21. The molecule has 0 spiro atoms. The number of anilines is 1. The second kappa shape index (κ2) is 9.28. The monoisotopic (exact) mass is 457 g/mol. The topological polar surface area (TPSA) is 54.5 Å². The predicted molar refractivity (Wildman–Crippen MR) is 138 cm³/mol. The van der Waals surface area contributed by atoms with E-state index in [-0.39, 0.29) is 17.9 Å². The molecule has 1 amide bonds. The molecule has 5 nitrogen and oxygen atoms in total. The zero-order chi connectivity index (χ0) is 23.8. The standard InChI is InChI=1S/C29H35N3O2/c1-18(2)27-22-9-7-10-25(32-16-19(3)14-20(4)17-32)28(22)30-15-23(27)29(33)31-24-12-13-34-26-11-6-5-8-21(24)26/h5-11,15,18-20,24H,12-14,16-17H2,1-4H3,(H,31,33)/t19-,20+,24-/m0/s1. The summed E-state index contributed by atoms with van der Waals surface area (Å²) in [7, 11) is 0. The molecule has 34 heavy (non-hydrogen) atoms. The summed E-state index contributed by atoms with van der Waals surface area (Å²) in [6.45, 7) is 11.7. The van der Waals surface area contributed by atoms with Gasteiger partial charge in [0.25, 0.3) is 5.91 Å². The van der Waals surface area contributed by atoms with E-state index in [1.54, 1.807) is 6.20 Å². The Morgan fingerprint density at radius 2 is 1.85 bits per heavy atom. The third-order valence-corrected chi connectivity index (χ3v) is 7.21. The number of carbonyl (C=O) groups excluding carboxylic acids is 1. The van der Waals surface area contributed by atoms with Crippen molar-refractivity contribution >= 4 is 22.5 Å². The van der Waals surface area contributed by atoms with Gasteiger partial charge in [0.2, 0.25) is 0 Å². The van der Waals surface area contributed by atoms with Crippen LogP contribution in [0.15, 0.2) is 48.7 Å². The van der Waals surface area contributed by atoms with Crippen molar-refractivity contribution in [1.29, 1.82) is 0 Å². The summed E-state index contributed by atoms with van der Waals surface area (Å²) in [6.07, 6.45) is 3.82. The van der Waals surface area contributed by atoms with Crippen molar-refractivity contribution in [3.05, 3.63) is 65.4 Å². The van der Waals surface area contributed by atoms with Gasteiger partial charge in [-0.3, -0.25) is 9.78 Å². The highest BCUT2D eigenvalue weighted by Gasteiger charge is 2.27. The van der Waals surface area contributed by atoms with Crippen LogP contribution in [0.2, 0.25) is 0 Å². The van der Waals surface area contributed by atoms with Crippen LogP contribution in [-0.4, -0.2) is 30.6 Å². The maximum atomic E-state index is 13.6. The van der Waals surface area contributed by atoms with E-state index in [4.69, 9.17) is 9.72 Å². The normalized spacial score (nSPS) is 22.4. The van der Waals surface area contributed by atoms with E-state index in [1.807, 2.05) is 24.3 Å². The minimum absolute atomic E-state index is 0.0594. The lowest BCUT2D eigenvalue weighted by Gasteiger charge is -2.37. The van der Waals surface area contributed by atoms with Crippen molar-refractivity contribution in [3.63, 3.8) is 0 Å². The number of benzene rings is 2. The molecule has 2 aliphatic heterocycles. The zero-order valence-corrected chi connectivity index (χ0v) is 20.7. The van der Waals surface area contributed by atoms with Crippen molar-refractivity contribution in [2.24, 2.45) is 11.8 Å². The summed E-state index contributed by atoms with van der Waals surface area (Å²) in [5.74, 6) is 2.31. The van der Waals surface area contributed by atoms with E-state index in [1.165, 1.54) is 12.1 Å². The molecule has 5 heteroatoms. The Bertz CT molecular complexity index is 1200. The number of carbonyl (C=O) groups is 1. The van der Waals surface area contributed by atoms with Crippen molar-refractivity contribution in [3.8, 4) is 5.75 Å². The molecule has 1 N–H and O–H groups in total. The molecule has 2 aliphatic rings. The van der Waals surface area contributed by atoms with Gasteiger partial charge in [-0.05, 0) is 41.9 Å². The molecule has 0 aliphatic carbocycles. The Morgan fingerprint density at radius 1 is 1.09 bits per heavy atom. The van der Waals surface area contributed by atoms with Gasteiger partial charge in [-0.2, -0.15) is 0 Å². The van der Waals surface area contributed by atoms with Gasteiger partial charge < -0.3 is 15.0 Å². The molecule has 0 bridgehead atoms. The molecule has 0 radical (unpaired) electrons. The maximum Gasteiger partial charge on any atom is 0.253 e. The molecular weight excluding hydrogens is 422 g/mol. The van der Waals surface area contributed by atoms with Gasteiger partial charge in [-0.1, -0.05) is 58.0 Å². The summed E-state index contributed by atoms with van der Waals surface area (Å²) < 4.78 is 5.78. The predicted octanol–water partition coefficient (Wildman–Crippen LogP) is 6.09. The molecular formula is C29H35N3O2. The number of amides is 1. The largest absolute Gasteiger partial charge is 0.493 e. The van der Waals surface area contributed by atoms with Crippen LogP contribution in [0.25, 0.3) is 10.9 Å². The fourth-order valence-corrected chi connectivity index (χ4v) is 5.87. The van der Waals surface area contributed by atoms with Gasteiger partial charge in [0.05, 0.1) is 29.4 Å². The summed E-state index contributed by atoms with van der Waals surface area (Å²) in [5, 5.41) is 4.35. The van der Waals surface area contributed by atoms with Gasteiger partial charge in [0.1, 0.15) is 5.75 Å². The summed E-state index contributed by atoms with van der Waals surface area (Å²) >= 11 is 0. The molecule has 1 saturated heterocycles. The minimum Gasteiger partial charge on any atom is -0.493 e. The molecule has 0 saturated carbocycles. The van der Waals surface area contributed by atoms with Crippen LogP contribution in [0.4, 0.5) is 5.69 Å². The highest BCUT2D eigenvalue weighted by Crippen LogP contribution is 2.36. The van der Waals surface area contributed by atoms with Crippen LogP contribution < -0.4 is 15.0 Å². The highest BCUT2D eigenvalue weighted by molar-refractivity contribution is 6.03. The number of fused-ring (bicyclic) bond motifs is 2. The number of ether oxygens (including phenoxy) is 1. The molecule has 3 heterocycles. The fourth-order valence-electron chi connectivity index (χ4n) is 5.87. The SMILES string of the molecule is CC(C)c1c(C(=O)N[C@H]2CCOc3ccccc32)cnc2c(N3C[C@H](C)C[C@H](C)C3)cccc12. The molecule has 0 unspecified atom stereocenters. The first-order valence-electron chi connectivity index (χ1n) is 12.6. The average molecular weight is 458 g/mol. The van der Waals surface area contributed by atoms with Crippen molar-refractivity contribution in [1.82, 2.24) is 10.3 Å². The lowest BCUT2D eigenvalue weighted by Crippen LogP contribution is -2.38. The van der Waals surface area contributed by atoms with Crippen LogP contribution in [-0.2, 0) is 0 Å². The van der Waals surface area contributed by atoms with Gasteiger partial charge in [-0.15, -0.1) is 0 Å². The van der Waals surface area contributed by atoms with Gasteiger partial charge in [0.15, 0.2) is 0 Å². The van der Waals surface area contributed by atoms with Crippen LogP contribution in [0.1, 0.15) is 74.0 Å². The number of nitrogens with zero attached hydrogens (tertiary/aromatic N) is 2. The Balaban J connectivity index is 1.51. The van der Waals surface area contributed by atoms with Crippen LogP contribution in [0.3, 0.4) is 0 Å². The van der Waals surface area contributed by atoms with E-state index in [2.05, 4.69) is 56.1 Å². The number of hydrogen-bond donors (Lipinski definition) is 1. The Labute approximate surface area is 202 Å². The first kappa shape index (κ1) is 22.7. The number of rotatable bonds is 4. The number of aromatic nitrogens is 1. The second-order valence-corrected chi connectivity index (χ2v) is 10.5. The Kier molecular flexibility index (Phi) is 6.20. The summed E-state index contributed by atoms with van der Waals surface area (Å²) in [6, 6.07) is 14.3. The first-order valence-corrected chi connectivity index (χ1v) is 12.6. The Hall–Kier alpha value is -3.08. The average Bonchev–Trinajstić information content (AvgIpc) is 2.82. The number of hydrogen-bond acceptors (Lipinski definition) is 4. The summed E-state index contributed by atoms with van der Waals surface area (Å²) in [4.78, 5) is 20.9. The lowest BCUT2D eigenvalue weighted by atomic mass is 9.90. The summed E-state index contributed by atoms with van der Waals surface area (Å²) in [5.41, 5.74) is 4.97. The molecule has 5 rings (SSSR count). The fraction of sp³-hybridized carbons (Fsp3) is 0.448. The number of nitrogens with one attached hydrogen (secondary N) is 1. The molecule has 2 aromatic carbocycles. The van der Waals surface area contributed by atoms with Gasteiger partial charge in [-0.25, -0.2) is 0 Å². The molecule has 3 atom stereocenters. The molecule has 1 aromatic heterocycles. The number of piperidine rings is 1. The smallest absolute Gasteiger partial charge is 0.253 e. The van der Waals surface area contributed by atoms with Gasteiger partial charge in [0, 0.05) is 36.7 Å². The first-order chi connectivity index (χ1) is 16.4. The van der Waals surface area contributed by atoms with E-state index < -0.39 is 0 Å². The number of pyridine rings is 1. The van der Waals surface area contributed by atoms with Crippen LogP contribution in [0.5, 0.6) is 5.75 Å². The maximum absolute atomic E-state index is 13.6. The zero-order valence-electron chi connectivity index (χ0n) is 20.7. The minimum atomic E-state index is -0.0644. The quantitative estimate of drug-likeness (QED) is 0.515. The Morgan fingerprint density at radius 3 is 2.62 bits per heavy atom. The second-order valence-electron chi connectivity index (χ2n) is 10.5. The molecule has 178 valence electrons. The lowest BCUT2D eigenvalue weighted by molar-refractivity contribution is 0.0923. The van der Waals surface area contributed by atoms with Crippen molar-refractivity contribution < 1.29 is 9.53 Å². The van der Waals surface area contributed by atoms with E-state index in [9.17, 15) is 4.79 Å². The number of para-hydroxylation sites is 2. The van der Waals surface area contributed by atoms with Crippen LogP contribution >= 0.6 is 0 Å². The third kappa shape index (κ3) is 4.24. The van der Waals surface area contributed by atoms with E-state index in [0.717, 1.165) is 47.3 Å². The van der Waals surface area contributed by atoms with Crippen LogP contribution in [0, 0.1) is 11.8 Å². The van der Waals surface area contributed by atoms with Crippen molar-refractivity contribution in [2.45, 2.75) is 52.5 Å². The van der Waals surface area contributed by atoms with Gasteiger partial charge >= 0.3 is 0 Å². The highest BCUT2D eigenvalue weighted by atomic mass is 16.5.